The molecule has 26 heavy (non-hydrogen) atoms. The summed E-state index contributed by atoms with van der Waals surface area (Å²) in [5, 5.41) is 11.0. The zero-order chi connectivity index (χ0) is 18.8. The van der Waals surface area contributed by atoms with E-state index < -0.39 is 0 Å². The van der Waals surface area contributed by atoms with E-state index in [0.29, 0.717) is 18.0 Å². The summed E-state index contributed by atoms with van der Waals surface area (Å²) in [7, 11) is 5.96. The van der Waals surface area contributed by atoms with Crippen molar-refractivity contribution >= 4 is 10.9 Å². The van der Waals surface area contributed by atoms with E-state index in [1.807, 2.05) is 6.07 Å². The summed E-state index contributed by atoms with van der Waals surface area (Å²) in [6.45, 7) is 7.70. The Balaban J connectivity index is 1.88. The summed E-state index contributed by atoms with van der Waals surface area (Å²) in [4.78, 5) is 4.78. The van der Waals surface area contributed by atoms with Crippen LogP contribution in [-0.4, -0.2) is 66.4 Å². The minimum Gasteiger partial charge on any atom is -0.497 e. The van der Waals surface area contributed by atoms with Crippen LogP contribution in [0.4, 0.5) is 0 Å². The predicted octanol–water partition coefficient (Wildman–Crippen LogP) is 2.98. The van der Waals surface area contributed by atoms with Gasteiger partial charge in [-0.05, 0) is 70.6 Å². The van der Waals surface area contributed by atoms with Crippen LogP contribution in [-0.2, 0) is 6.54 Å². The lowest BCUT2D eigenvalue weighted by Gasteiger charge is -2.41. The summed E-state index contributed by atoms with van der Waals surface area (Å²) in [6, 6.07) is 7.20. The number of likely N-dealkylation sites (N-methyl/N-ethyl adjacent to an activating group) is 1. The molecule has 3 rings (SSSR count). The Bertz CT molecular complexity index is 738. The molecule has 144 valence electrons. The van der Waals surface area contributed by atoms with Crippen molar-refractivity contribution in [1.82, 2.24) is 14.4 Å². The largest absolute Gasteiger partial charge is 0.497 e. The van der Waals surface area contributed by atoms with Crippen LogP contribution in [0, 0.1) is 5.92 Å². The summed E-state index contributed by atoms with van der Waals surface area (Å²) in [5.41, 5.74) is 2.62. The quantitative estimate of drug-likeness (QED) is 0.861. The first-order chi connectivity index (χ1) is 12.4. The average molecular weight is 360 g/mol. The molecule has 1 saturated heterocycles. The topological polar surface area (TPSA) is 40.9 Å². The zero-order valence-electron chi connectivity index (χ0n) is 16.8. The maximum absolute atomic E-state index is 9.69. The van der Waals surface area contributed by atoms with Gasteiger partial charge in [-0.1, -0.05) is 0 Å². The number of hydrogen-bond donors (Lipinski definition) is 1. The van der Waals surface area contributed by atoms with E-state index in [1.54, 1.807) is 7.11 Å². The molecule has 2 atom stereocenters. The van der Waals surface area contributed by atoms with Gasteiger partial charge in [0.15, 0.2) is 0 Å². The molecule has 1 aliphatic rings. The van der Waals surface area contributed by atoms with Crippen LogP contribution in [0.15, 0.2) is 24.4 Å². The molecule has 1 fully saturated rings. The van der Waals surface area contributed by atoms with Crippen LogP contribution in [0.3, 0.4) is 0 Å². The maximum atomic E-state index is 9.69. The fourth-order valence-electron chi connectivity index (χ4n) is 4.21. The molecule has 1 aromatic heterocycles. The standard InChI is InChI=1S/C21H33N3O2/c1-15(2)24-12-17(19-10-18(26-5)6-7-20(19)24)11-23-9-8-16(14-25)21(13-23)22(3)4/h6-7,10,12,15-16,21,25H,8-9,11,13-14H2,1-5H3/t16-,21-/m1/s1. The second kappa shape index (κ2) is 7.99. The smallest absolute Gasteiger partial charge is 0.119 e. The number of aliphatic hydroxyl groups excluding tert-OH is 1. The Labute approximate surface area is 157 Å². The highest BCUT2D eigenvalue weighted by Crippen LogP contribution is 2.30. The van der Waals surface area contributed by atoms with Crippen molar-refractivity contribution in [3.8, 4) is 5.75 Å². The monoisotopic (exact) mass is 359 g/mol. The highest BCUT2D eigenvalue weighted by atomic mass is 16.5. The third-order valence-electron chi connectivity index (χ3n) is 5.78. The number of likely N-dealkylation sites (tertiary alicyclic amines) is 1. The lowest BCUT2D eigenvalue weighted by molar-refractivity contribution is 0.0462. The Morgan fingerprint density at radius 3 is 2.69 bits per heavy atom. The molecular formula is C21H33N3O2. The highest BCUT2D eigenvalue weighted by Gasteiger charge is 2.30. The molecule has 1 aliphatic heterocycles. The normalized spacial score (nSPS) is 21.8. The second-order valence-electron chi connectivity index (χ2n) is 8.04. The van der Waals surface area contributed by atoms with Gasteiger partial charge in [0.05, 0.1) is 7.11 Å². The number of rotatable bonds is 6. The van der Waals surface area contributed by atoms with E-state index in [1.165, 1.54) is 16.5 Å². The number of hydrogen-bond acceptors (Lipinski definition) is 4. The third-order valence-corrected chi connectivity index (χ3v) is 5.78. The van der Waals surface area contributed by atoms with Crippen molar-refractivity contribution in [2.45, 2.75) is 38.9 Å². The molecule has 2 heterocycles. The number of fused-ring (bicyclic) bond motifs is 1. The van der Waals surface area contributed by atoms with Crippen molar-refractivity contribution in [3.63, 3.8) is 0 Å². The number of ether oxygens (including phenoxy) is 1. The molecule has 1 aromatic carbocycles. The van der Waals surface area contributed by atoms with Crippen LogP contribution >= 0.6 is 0 Å². The van der Waals surface area contributed by atoms with Gasteiger partial charge in [-0.3, -0.25) is 4.90 Å². The number of aromatic nitrogens is 1. The molecule has 5 heteroatoms. The van der Waals surface area contributed by atoms with Gasteiger partial charge in [0, 0.05) is 48.9 Å². The first-order valence-electron chi connectivity index (χ1n) is 9.61. The average Bonchev–Trinajstić information content (AvgIpc) is 2.99. The molecule has 0 bridgehead atoms. The van der Waals surface area contributed by atoms with Gasteiger partial charge in [-0.2, -0.15) is 0 Å². The van der Waals surface area contributed by atoms with E-state index in [9.17, 15) is 5.11 Å². The van der Waals surface area contributed by atoms with Gasteiger partial charge in [-0.15, -0.1) is 0 Å². The van der Waals surface area contributed by atoms with Crippen LogP contribution in [0.1, 0.15) is 31.9 Å². The number of methoxy groups -OCH3 is 1. The molecule has 0 aliphatic carbocycles. The molecule has 0 saturated carbocycles. The zero-order valence-corrected chi connectivity index (χ0v) is 16.8. The summed E-state index contributed by atoms with van der Waals surface area (Å²) >= 11 is 0. The van der Waals surface area contributed by atoms with Gasteiger partial charge >= 0.3 is 0 Å². The van der Waals surface area contributed by atoms with E-state index in [4.69, 9.17) is 4.74 Å². The number of nitrogens with zero attached hydrogens (tertiary/aromatic N) is 3. The molecule has 2 aromatic rings. The molecule has 1 N–H and O–H groups in total. The lowest BCUT2D eigenvalue weighted by atomic mass is 9.91. The number of piperidine rings is 1. The molecule has 0 spiro atoms. The SMILES string of the molecule is COc1ccc2c(c1)c(CN1CC[C@H](CO)[C@H](N(C)C)C1)cn2C(C)C. The fraction of sp³-hybridized carbons (Fsp3) is 0.619. The van der Waals surface area contributed by atoms with Crippen molar-refractivity contribution in [1.29, 1.82) is 0 Å². The summed E-state index contributed by atoms with van der Waals surface area (Å²) in [6.07, 6.45) is 3.35. The predicted molar refractivity (Wildman–Crippen MR) is 107 cm³/mol. The Hall–Kier alpha value is -1.56. The van der Waals surface area contributed by atoms with Crippen LogP contribution < -0.4 is 4.74 Å². The van der Waals surface area contributed by atoms with Crippen LogP contribution in [0.5, 0.6) is 5.75 Å². The van der Waals surface area contributed by atoms with Crippen LogP contribution in [0.25, 0.3) is 10.9 Å². The van der Waals surface area contributed by atoms with Crippen molar-refractivity contribution in [2.24, 2.45) is 5.92 Å². The van der Waals surface area contributed by atoms with Gasteiger partial charge in [0.25, 0.3) is 0 Å². The van der Waals surface area contributed by atoms with E-state index in [2.05, 4.69) is 60.6 Å². The van der Waals surface area contributed by atoms with Gasteiger partial charge in [0.2, 0.25) is 0 Å². The molecular weight excluding hydrogens is 326 g/mol. The van der Waals surface area contributed by atoms with Gasteiger partial charge < -0.3 is 19.3 Å². The van der Waals surface area contributed by atoms with E-state index >= 15 is 0 Å². The van der Waals surface area contributed by atoms with Gasteiger partial charge in [0.1, 0.15) is 5.75 Å². The van der Waals surface area contributed by atoms with Gasteiger partial charge in [-0.25, -0.2) is 0 Å². The fourth-order valence-corrected chi connectivity index (χ4v) is 4.21. The number of benzene rings is 1. The number of aliphatic hydroxyl groups is 1. The molecule has 5 nitrogen and oxygen atoms in total. The summed E-state index contributed by atoms with van der Waals surface area (Å²) < 4.78 is 7.81. The van der Waals surface area contributed by atoms with Crippen molar-refractivity contribution in [3.05, 3.63) is 30.0 Å². The maximum Gasteiger partial charge on any atom is 0.119 e. The molecule has 0 radical (unpaired) electrons. The highest BCUT2D eigenvalue weighted by molar-refractivity contribution is 5.85. The van der Waals surface area contributed by atoms with Crippen molar-refractivity contribution < 1.29 is 9.84 Å². The Morgan fingerprint density at radius 2 is 2.08 bits per heavy atom. The minimum absolute atomic E-state index is 0.278. The molecule has 0 unspecified atom stereocenters. The van der Waals surface area contributed by atoms with Crippen molar-refractivity contribution in [2.75, 3.05) is 40.9 Å². The second-order valence-corrected chi connectivity index (χ2v) is 8.04. The molecule has 0 amide bonds. The Morgan fingerprint density at radius 1 is 1.31 bits per heavy atom. The first kappa shape index (κ1) is 19.2. The van der Waals surface area contributed by atoms with E-state index in [0.717, 1.165) is 31.8 Å². The summed E-state index contributed by atoms with van der Waals surface area (Å²) in [5.74, 6) is 1.28. The lowest BCUT2D eigenvalue weighted by Crippen LogP contribution is -2.51. The minimum atomic E-state index is 0.278. The van der Waals surface area contributed by atoms with Crippen LogP contribution in [0.2, 0.25) is 0 Å². The Kier molecular flexibility index (Phi) is 5.90. The van der Waals surface area contributed by atoms with E-state index in [-0.39, 0.29) is 6.61 Å². The first-order valence-corrected chi connectivity index (χ1v) is 9.61. The third kappa shape index (κ3) is 3.75.